The van der Waals surface area contributed by atoms with Crippen molar-refractivity contribution in [2.75, 3.05) is 6.54 Å². The molecule has 1 fully saturated rings. The minimum Gasteiger partial charge on any atom is -0.311 e. The Labute approximate surface area is 64.2 Å². The average molecular weight is 141 g/mol. The van der Waals surface area contributed by atoms with Gasteiger partial charge in [-0.05, 0) is 38.6 Å². The van der Waals surface area contributed by atoms with Crippen LogP contribution >= 0.6 is 0 Å². The maximum atomic E-state index is 3.53. The highest BCUT2D eigenvalue weighted by Gasteiger charge is 2.31. The smallest absolute Gasteiger partial charge is 0.0128 e. The number of hydrogen-bond donors (Lipinski definition) is 1. The van der Waals surface area contributed by atoms with Crippen molar-refractivity contribution in [1.29, 1.82) is 0 Å². The monoisotopic (exact) mass is 141 g/mol. The van der Waals surface area contributed by atoms with Crippen molar-refractivity contribution >= 4 is 0 Å². The second-order valence-electron chi connectivity index (χ2n) is 4.47. The third-order valence-corrected chi connectivity index (χ3v) is 2.56. The molecule has 1 saturated heterocycles. The Balaban J connectivity index is 2.43. The molecule has 1 nitrogen and oxygen atoms in total. The summed E-state index contributed by atoms with van der Waals surface area (Å²) >= 11 is 0. The van der Waals surface area contributed by atoms with Gasteiger partial charge in [-0.25, -0.2) is 0 Å². The average Bonchev–Trinajstić information content (AvgIpc) is 2.10. The van der Waals surface area contributed by atoms with Gasteiger partial charge in [0.2, 0.25) is 0 Å². The first kappa shape index (κ1) is 8.06. The van der Waals surface area contributed by atoms with Gasteiger partial charge in [0.15, 0.2) is 0 Å². The molecule has 1 rings (SSSR count). The lowest BCUT2D eigenvalue weighted by Crippen LogP contribution is -2.31. The summed E-state index contributed by atoms with van der Waals surface area (Å²) < 4.78 is 0. The Hall–Kier alpha value is -0.0400. The lowest BCUT2D eigenvalue weighted by Gasteiger charge is -2.18. The molecule has 0 aromatic heterocycles. The predicted octanol–water partition coefficient (Wildman–Crippen LogP) is 2.03. The van der Waals surface area contributed by atoms with E-state index >= 15 is 0 Å². The molecule has 1 aliphatic heterocycles. The van der Waals surface area contributed by atoms with Crippen LogP contribution in [-0.4, -0.2) is 12.1 Å². The van der Waals surface area contributed by atoms with Crippen LogP contribution in [0.4, 0.5) is 0 Å². The zero-order valence-electron chi connectivity index (χ0n) is 7.57. The highest BCUT2D eigenvalue weighted by molar-refractivity contribution is 4.90. The molecule has 0 bridgehead atoms. The lowest BCUT2D eigenvalue weighted by atomic mass is 9.89. The van der Waals surface area contributed by atoms with Crippen molar-refractivity contribution in [1.82, 2.24) is 5.32 Å². The first-order valence-corrected chi connectivity index (χ1v) is 4.26. The minimum atomic E-state index is 0.398. The van der Waals surface area contributed by atoms with Crippen LogP contribution in [0.3, 0.4) is 0 Å². The molecule has 0 unspecified atom stereocenters. The van der Waals surface area contributed by atoms with Gasteiger partial charge < -0.3 is 5.32 Å². The molecule has 0 aromatic carbocycles. The number of rotatable bonds is 1. The Bertz CT molecular complexity index is 116. The Morgan fingerprint density at radius 2 is 2.00 bits per heavy atom. The molecule has 0 amide bonds. The van der Waals surface area contributed by atoms with E-state index in [0.29, 0.717) is 5.54 Å². The van der Waals surface area contributed by atoms with Crippen LogP contribution in [0.1, 0.15) is 34.1 Å². The van der Waals surface area contributed by atoms with Gasteiger partial charge in [-0.3, -0.25) is 0 Å². The normalized spacial score (nSPS) is 31.5. The van der Waals surface area contributed by atoms with Gasteiger partial charge in [-0.2, -0.15) is 0 Å². The molecule has 0 saturated carbocycles. The molecular weight excluding hydrogens is 122 g/mol. The van der Waals surface area contributed by atoms with Crippen molar-refractivity contribution in [3.8, 4) is 0 Å². The van der Waals surface area contributed by atoms with Gasteiger partial charge in [0.05, 0.1) is 0 Å². The third kappa shape index (κ3) is 1.72. The van der Waals surface area contributed by atoms with Crippen molar-refractivity contribution in [2.45, 2.75) is 39.7 Å². The van der Waals surface area contributed by atoms with E-state index in [-0.39, 0.29) is 0 Å². The van der Waals surface area contributed by atoms with Gasteiger partial charge in [-0.1, -0.05) is 13.8 Å². The van der Waals surface area contributed by atoms with Crippen LogP contribution in [-0.2, 0) is 0 Å². The predicted molar refractivity (Wildman–Crippen MR) is 45.0 cm³/mol. The van der Waals surface area contributed by atoms with Crippen molar-refractivity contribution in [2.24, 2.45) is 11.8 Å². The molecule has 60 valence electrons. The number of nitrogens with one attached hydrogen (secondary N) is 1. The molecule has 0 aromatic rings. The van der Waals surface area contributed by atoms with Crippen LogP contribution in [0.15, 0.2) is 0 Å². The molecule has 1 aliphatic rings. The largest absolute Gasteiger partial charge is 0.311 e. The van der Waals surface area contributed by atoms with Gasteiger partial charge in [0.25, 0.3) is 0 Å². The van der Waals surface area contributed by atoms with Crippen molar-refractivity contribution in [3.63, 3.8) is 0 Å². The van der Waals surface area contributed by atoms with Gasteiger partial charge in [0, 0.05) is 5.54 Å². The fraction of sp³-hybridized carbons (Fsp3) is 1.00. The summed E-state index contributed by atoms with van der Waals surface area (Å²) in [6.07, 6.45) is 1.34. The summed E-state index contributed by atoms with van der Waals surface area (Å²) in [7, 11) is 0. The summed E-state index contributed by atoms with van der Waals surface area (Å²) in [4.78, 5) is 0. The topological polar surface area (TPSA) is 12.0 Å². The second kappa shape index (κ2) is 2.54. The maximum Gasteiger partial charge on any atom is 0.0128 e. The van der Waals surface area contributed by atoms with E-state index in [0.717, 1.165) is 11.8 Å². The molecule has 0 spiro atoms. The first-order valence-electron chi connectivity index (χ1n) is 4.26. The molecule has 1 N–H and O–H groups in total. The SMILES string of the molecule is CC(C)[C@@H]1CNC(C)(C)C1. The summed E-state index contributed by atoms with van der Waals surface area (Å²) in [6.45, 7) is 10.4. The molecule has 0 aliphatic carbocycles. The van der Waals surface area contributed by atoms with E-state index in [9.17, 15) is 0 Å². The summed E-state index contributed by atoms with van der Waals surface area (Å²) in [5, 5.41) is 3.53. The van der Waals surface area contributed by atoms with E-state index in [2.05, 4.69) is 33.0 Å². The minimum absolute atomic E-state index is 0.398. The van der Waals surface area contributed by atoms with Crippen molar-refractivity contribution in [3.05, 3.63) is 0 Å². The van der Waals surface area contributed by atoms with Gasteiger partial charge in [0.1, 0.15) is 0 Å². The Morgan fingerprint density at radius 3 is 2.20 bits per heavy atom. The van der Waals surface area contributed by atoms with Crippen LogP contribution in [0, 0.1) is 11.8 Å². The summed E-state index contributed by atoms with van der Waals surface area (Å²) in [6, 6.07) is 0. The van der Waals surface area contributed by atoms with E-state index < -0.39 is 0 Å². The number of hydrogen-bond acceptors (Lipinski definition) is 1. The van der Waals surface area contributed by atoms with E-state index in [1.54, 1.807) is 0 Å². The summed E-state index contributed by atoms with van der Waals surface area (Å²) in [5.41, 5.74) is 0.398. The van der Waals surface area contributed by atoms with Crippen LogP contribution in [0.25, 0.3) is 0 Å². The zero-order chi connectivity index (χ0) is 7.78. The Morgan fingerprint density at radius 1 is 1.40 bits per heavy atom. The van der Waals surface area contributed by atoms with Crippen LogP contribution in [0.2, 0.25) is 0 Å². The molecule has 0 radical (unpaired) electrons. The second-order valence-corrected chi connectivity index (χ2v) is 4.47. The zero-order valence-corrected chi connectivity index (χ0v) is 7.57. The molecular formula is C9H19N. The fourth-order valence-corrected chi connectivity index (χ4v) is 1.68. The highest BCUT2D eigenvalue weighted by atomic mass is 15.0. The van der Waals surface area contributed by atoms with Crippen LogP contribution < -0.4 is 5.32 Å². The molecule has 1 heterocycles. The maximum absolute atomic E-state index is 3.53. The van der Waals surface area contributed by atoms with Gasteiger partial charge in [-0.15, -0.1) is 0 Å². The fourth-order valence-electron chi connectivity index (χ4n) is 1.68. The van der Waals surface area contributed by atoms with E-state index in [4.69, 9.17) is 0 Å². The molecule has 1 atom stereocenters. The van der Waals surface area contributed by atoms with E-state index in [1.165, 1.54) is 13.0 Å². The quantitative estimate of drug-likeness (QED) is 0.589. The summed E-state index contributed by atoms with van der Waals surface area (Å²) in [5.74, 6) is 1.74. The van der Waals surface area contributed by atoms with Crippen molar-refractivity contribution < 1.29 is 0 Å². The lowest BCUT2D eigenvalue weighted by molar-refractivity contribution is 0.382. The molecule has 1 heteroatoms. The Kier molecular flexibility index (Phi) is 2.04. The highest BCUT2D eigenvalue weighted by Crippen LogP contribution is 2.28. The first-order chi connectivity index (χ1) is 4.51. The molecule has 10 heavy (non-hydrogen) atoms. The van der Waals surface area contributed by atoms with E-state index in [1.807, 2.05) is 0 Å². The van der Waals surface area contributed by atoms with Gasteiger partial charge >= 0.3 is 0 Å². The standard InChI is InChI=1S/C9H19N/c1-7(2)8-5-9(3,4)10-6-8/h7-8,10H,5-6H2,1-4H3/t8-/m0/s1. The third-order valence-electron chi connectivity index (χ3n) is 2.56. The van der Waals surface area contributed by atoms with Crippen LogP contribution in [0.5, 0.6) is 0 Å².